The Morgan fingerprint density at radius 3 is 2.64 bits per heavy atom. The minimum atomic E-state index is 0.624. The molecule has 1 aromatic heterocycles. The molecule has 108 valence electrons. The van der Waals surface area contributed by atoms with Crippen LogP contribution in [0.2, 0.25) is 0 Å². The van der Waals surface area contributed by atoms with Crippen LogP contribution >= 0.6 is 0 Å². The maximum atomic E-state index is 5.89. The van der Waals surface area contributed by atoms with E-state index in [1.165, 1.54) is 10.8 Å². The van der Waals surface area contributed by atoms with Crippen molar-refractivity contribution in [2.45, 2.75) is 6.54 Å². The van der Waals surface area contributed by atoms with Crippen LogP contribution in [-0.4, -0.2) is 16.2 Å². The fourth-order valence-electron chi connectivity index (χ4n) is 2.71. The van der Waals surface area contributed by atoms with Crippen LogP contribution in [0.1, 0.15) is 0 Å². The van der Waals surface area contributed by atoms with Gasteiger partial charge in [-0.25, -0.2) is 4.98 Å². The van der Waals surface area contributed by atoms with E-state index in [4.69, 9.17) is 4.74 Å². The highest BCUT2D eigenvalue weighted by atomic mass is 16.5. The quantitative estimate of drug-likeness (QED) is 0.561. The lowest BCUT2D eigenvalue weighted by molar-refractivity contribution is 0.300. The summed E-state index contributed by atoms with van der Waals surface area (Å²) in [6.07, 6.45) is 1.87. The van der Waals surface area contributed by atoms with E-state index < -0.39 is 0 Å². The fraction of sp³-hybridized carbons (Fsp3) is 0.105. The van der Waals surface area contributed by atoms with Crippen molar-refractivity contribution in [1.29, 1.82) is 0 Å². The van der Waals surface area contributed by atoms with Crippen LogP contribution in [-0.2, 0) is 6.54 Å². The summed E-state index contributed by atoms with van der Waals surface area (Å²) in [5, 5.41) is 2.43. The number of ether oxygens (including phenoxy) is 1. The third kappa shape index (κ3) is 2.42. The van der Waals surface area contributed by atoms with Gasteiger partial charge in [-0.1, -0.05) is 42.5 Å². The van der Waals surface area contributed by atoms with E-state index in [1.54, 1.807) is 0 Å². The highest BCUT2D eigenvalue weighted by Gasteiger charge is 2.02. The van der Waals surface area contributed by atoms with Crippen molar-refractivity contribution >= 4 is 21.8 Å². The Balaban J connectivity index is 1.47. The Bertz CT molecular complexity index is 927. The zero-order chi connectivity index (χ0) is 14.8. The Morgan fingerprint density at radius 2 is 1.68 bits per heavy atom. The van der Waals surface area contributed by atoms with Gasteiger partial charge in [0.15, 0.2) is 0 Å². The predicted octanol–water partition coefficient (Wildman–Crippen LogP) is 4.27. The molecule has 0 aliphatic heterocycles. The number of fused-ring (bicyclic) bond motifs is 2. The van der Waals surface area contributed by atoms with E-state index in [2.05, 4.69) is 39.9 Å². The van der Waals surface area contributed by atoms with Crippen LogP contribution < -0.4 is 4.74 Å². The molecule has 3 heteroatoms. The molecule has 0 aliphatic rings. The number of para-hydroxylation sites is 2. The van der Waals surface area contributed by atoms with Crippen LogP contribution in [0.25, 0.3) is 21.8 Å². The zero-order valence-electron chi connectivity index (χ0n) is 12.1. The van der Waals surface area contributed by atoms with Crippen LogP contribution in [0.4, 0.5) is 0 Å². The van der Waals surface area contributed by atoms with Gasteiger partial charge in [-0.2, -0.15) is 0 Å². The summed E-state index contributed by atoms with van der Waals surface area (Å²) in [5.74, 6) is 0.906. The molecule has 0 unspecified atom stereocenters. The van der Waals surface area contributed by atoms with E-state index in [9.17, 15) is 0 Å². The highest BCUT2D eigenvalue weighted by molar-refractivity contribution is 5.83. The summed E-state index contributed by atoms with van der Waals surface area (Å²) in [5.41, 5.74) is 2.16. The maximum Gasteiger partial charge on any atom is 0.120 e. The van der Waals surface area contributed by atoms with Crippen molar-refractivity contribution in [1.82, 2.24) is 9.55 Å². The van der Waals surface area contributed by atoms with E-state index in [0.717, 1.165) is 23.3 Å². The second-order valence-corrected chi connectivity index (χ2v) is 5.28. The number of hydrogen-bond donors (Lipinski definition) is 0. The molecule has 0 saturated heterocycles. The highest BCUT2D eigenvalue weighted by Crippen LogP contribution is 2.20. The predicted molar refractivity (Wildman–Crippen MR) is 89.2 cm³/mol. The molecule has 0 spiro atoms. The Kier molecular flexibility index (Phi) is 3.24. The number of rotatable bonds is 4. The normalized spacial score (nSPS) is 11.1. The van der Waals surface area contributed by atoms with Gasteiger partial charge >= 0.3 is 0 Å². The van der Waals surface area contributed by atoms with Gasteiger partial charge in [-0.15, -0.1) is 0 Å². The Morgan fingerprint density at radius 1 is 0.864 bits per heavy atom. The summed E-state index contributed by atoms with van der Waals surface area (Å²) in [6, 6.07) is 22.6. The standard InChI is InChI=1S/C19H16N2O/c1-2-6-16-13-17(10-9-15(16)5-1)22-12-11-21-14-20-18-7-3-4-8-19(18)21/h1-10,13-14H,11-12H2. The number of aromatic nitrogens is 2. The number of benzene rings is 3. The molecule has 0 saturated carbocycles. The SMILES string of the molecule is c1ccc2cc(OCCn3cnc4ccccc43)ccc2c1. The smallest absolute Gasteiger partial charge is 0.120 e. The topological polar surface area (TPSA) is 27.1 Å². The Labute approximate surface area is 128 Å². The molecule has 4 rings (SSSR count). The van der Waals surface area contributed by atoms with Gasteiger partial charge in [-0.3, -0.25) is 0 Å². The number of hydrogen-bond acceptors (Lipinski definition) is 2. The lowest BCUT2D eigenvalue weighted by Crippen LogP contribution is -2.07. The summed E-state index contributed by atoms with van der Waals surface area (Å²) in [4.78, 5) is 4.39. The van der Waals surface area contributed by atoms with Gasteiger partial charge in [0.25, 0.3) is 0 Å². The first-order valence-corrected chi connectivity index (χ1v) is 7.42. The van der Waals surface area contributed by atoms with Crippen LogP contribution in [0.5, 0.6) is 5.75 Å². The average Bonchev–Trinajstić information content (AvgIpc) is 2.98. The molecule has 0 radical (unpaired) electrons. The monoisotopic (exact) mass is 288 g/mol. The summed E-state index contributed by atoms with van der Waals surface area (Å²) in [6.45, 7) is 1.41. The first kappa shape index (κ1) is 12.9. The van der Waals surface area contributed by atoms with E-state index in [0.29, 0.717) is 6.61 Å². The molecule has 0 amide bonds. The summed E-state index contributed by atoms with van der Waals surface area (Å²) in [7, 11) is 0. The van der Waals surface area contributed by atoms with Crippen molar-refractivity contribution in [3.8, 4) is 5.75 Å². The molecule has 0 fully saturated rings. The van der Waals surface area contributed by atoms with Gasteiger partial charge in [0, 0.05) is 0 Å². The van der Waals surface area contributed by atoms with E-state index >= 15 is 0 Å². The molecule has 0 aliphatic carbocycles. The first-order chi connectivity index (χ1) is 10.9. The van der Waals surface area contributed by atoms with E-state index in [-0.39, 0.29) is 0 Å². The second-order valence-electron chi connectivity index (χ2n) is 5.28. The van der Waals surface area contributed by atoms with E-state index in [1.807, 2.05) is 42.7 Å². The van der Waals surface area contributed by atoms with Crippen LogP contribution in [0.3, 0.4) is 0 Å². The van der Waals surface area contributed by atoms with Crippen molar-refractivity contribution in [3.63, 3.8) is 0 Å². The maximum absolute atomic E-state index is 5.89. The Hall–Kier alpha value is -2.81. The lowest BCUT2D eigenvalue weighted by Gasteiger charge is -2.08. The van der Waals surface area contributed by atoms with Crippen molar-refractivity contribution < 1.29 is 4.74 Å². The average molecular weight is 288 g/mol. The van der Waals surface area contributed by atoms with Crippen LogP contribution in [0.15, 0.2) is 73.1 Å². The molecule has 0 bridgehead atoms. The van der Waals surface area contributed by atoms with Crippen molar-refractivity contribution in [2.75, 3.05) is 6.61 Å². The van der Waals surface area contributed by atoms with Crippen molar-refractivity contribution in [3.05, 3.63) is 73.1 Å². The van der Waals surface area contributed by atoms with Crippen molar-refractivity contribution in [2.24, 2.45) is 0 Å². The summed E-state index contributed by atoms with van der Waals surface area (Å²) < 4.78 is 8.01. The number of nitrogens with zero attached hydrogens (tertiary/aromatic N) is 2. The van der Waals surface area contributed by atoms with Gasteiger partial charge in [0.05, 0.1) is 23.9 Å². The molecular formula is C19H16N2O. The molecule has 22 heavy (non-hydrogen) atoms. The van der Waals surface area contributed by atoms with Crippen LogP contribution in [0, 0.1) is 0 Å². The molecule has 3 aromatic carbocycles. The summed E-state index contributed by atoms with van der Waals surface area (Å²) >= 11 is 0. The minimum Gasteiger partial charge on any atom is -0.492 e. The van der Waals surface area contributed by atoms with Gasteiger partial charge < -0.3 is 9.30 Å². The minimum absolute atomic E-state index is 0.624. The third-order valence-electron chi connectivity index (χ3n) is 3.85. The fourth-order valence-corrected chi connectivity index (χ4v) is 2.71. The first-order valence-electron chi connectivity index (χ1n) is 7.42. The molecule has 0 atom stereocenters. The number of imidazole rings is 1. The second kappa shape index (κ2) is 5.53. The molecule has 4 aromatic rings. The van der Waals surface area contributed by atoms with Gasteiger partial charge in [0.1, 0.15) is 12.4 Å². The molecule has 0 N–H and O–H groups in total. The molecule has 3 nitrogen and oxygen atoms in total. The van der Waals surface area contributed by atoms with Gasteiger partial charge in [0.2, 0.25) is 0 Å². The zero-order valence-corrected chi connectivity index (χ0v) is 12.1. The lowest BCUT2D eigenvalue weighted by atomic mass is 10.1. The van der Waals surface area contributed by atoms with Gasteiger partial charge in [-0.05, 0) is 35.0 Å². The molecule has 1 heterocycles. The third-order valence-corrected chi connectivity index (χ3v) is 3.85. The largest absolute Gasteiger partial charge is 0.492 e. The molecular weight excluding hydrogens is 272 g/mol.